The van der Waals surface area contributed by atoms with Crippen molar-refractivity contribution in [3.05, 3.63) is 47.3 Å². The molecule has 2 aromatic rings. The summed E-state index contributed by atoms with van der Waals surface area (Å²) in [6.07, 6.45) is 8.03. The maximum Gasteiger partial charge on any atom is 0.0912 e. The highest BCUT2D eigenvalue weighted by atomic mass is 32.1. The van der Waals surface area contributed by atoms with Crippen LogP contribution in [0.15, 0.2) is 30.5 Å². The second-order valence-corrected chi connectivity index (χ2v) is 6.42. The Morgan fingerprint density at radius 3 is 3.10 bits per heavy atom. The monoisotopic (exact) mass is 301 g/mol. The summed E-state index contributed by atoms with van der Waals surface area (Å²) in [5.74, 6) is 0.644. The Kier molecular flexibility index (Phi) is 4.99. The standard InChI is InChI=1S/C17H23N3S/c1-2-10-18-16(17-12-19-21-20-17)11-14-8-5-7-13-6-3-4-9-15(13)14/h3-4,6,9,12,14,16,18H,2,5,7-8,10-11H2,1H3. The van der Waals surface area contributed by atoms with E-state index in [1.165, 1.54) is 31.0 Å². The Bertz CT molecular complexity index is 553. The van der Waals surface area contributed by atoms with Crippen molar-refractivity contribution >= 4 is 11.7 Å². The number of aromatic nitrogens is 2. The minimum Gasteiger partial charge on any atom is -0.309 e. The van der Waals surface area contributed by atoms with Gasteiger partial charge in [-0.15, -0.1) is 0 Å². The van der Waals surface area contributed by atoms with Crippen LogP contribution < -0.4 is 5.32 Å². The quantitative estimate of drug-likeness (QED) is 0.873. The number of nitrogens with zero attached hydrogens (tertiary/aromatic N) is 2. The van der Waals surface area contributed by atoms with E-state index >= 15 is 0 Å². The van der Waals surface area contributed by atoms with Crippen LogP contribution in [0.1, 0.15) is 61.4 Å². The highest BCUT2D eigenvalue weighted by Gasteiger charge is 2.24. The van der Waals surface area contributed by atoms with E-state index in [0.717, 1.165) is 25.1 Å². The minimum atomic E-state index is 0.333. The Balaban J connectivity index is 1.77. The maximum absolute atomic E-state index is 4.46. The first-order valence-corrected chi connectivity index (χ1v) is 8.70. The van der Waals surface area contributed by atoms with Gasteiger partial charge in [0.05, 0.1) is 29.7 Å². The fourth-order valence-corrected chi connectivity index (χ4v) is 3.81. The normalized spacial score (nSPS) is 19.2. The van der Waals surface area contributed by atoms with Crippen LogP contribution in [0.2, 0.25) is 0 Å². The zero-order chi connectivity index (χ0) is 14.5. The average molecular weight is 301 g/mol. The van der Waals surface area contributed by atoms with Crippen LogP contribution in [-0.4, -0.2) is 15.3 Å². The second-order valence-electron chi connectivity index (χ2n) is 5.86. The molecule has 1 aromatic heterocycles. The summed E-state index contributed by atoms with van der Waals surface area (Å²) in [4.78, 5) is 0. The van der Waals surface area contributed by atoms with Gasteiger partial charge in [-0.1, -0.05) is 31.2 Å². The van der Waals surface area contributed by atoms with E-state index in [4.69, 9.17) is 0 Å². The van der Waals surface area contributed by atoms with Crippen LogP contribution in [0.4, 0.5) is 0 Å². The van der Waals surface area contributed by atoms with Crippen molar-refractivity contribution in [2.75, 3.05) is 6.54 Å². The van der Waals surface area contributed by atoms with Gasteiger partial charge in [0.2, 0.25) is 0 Å². The Morgan fingerprint density at radius 2 is 2.29 bits per heavy atom. The smallest absolute Gasteiger partial charge is 0.0912 e. The van der Waals surface area contributed by atoms with E-state index in [2.05, 4.69) is 45.3 Å². The number of benzene rings is 1. The fraction of sp³-hybridized carbons (Fsp3) is 0.529. The number of hydrogen-bond donors (Lipinski definition) is 1. The molecule has 0 saturated heterocycles. The van der Waals surface area contributed by atoms with Crippen molar-refractivity contribution in [2.45, 2.75) is 51.0 Å². The van der Waals surface area contributed by atoms with Gasteiger partial charge in [0.25, 0.3) is 0 Å². The molecule has 0 spiro atoms. The second kappa shape index (κ2) is 7.14. The molecule has 0 radical (unpaired) electrons. The molecule has 1 aliphatic rings. The molecular weight excluding hydrogens is 278 g/mol. The maximum atomic E-state index is 4.46. The van der Waals surface area contributed by atoms with Crippen LogP contribution in [0.25, 0.3) is 0 Å². The van der Waals surface area contributed by atoms with Crippen molar-refractivity contribution < 1.29 is 0 Å². The molecule has 1 N–H and O–H groups in total. The van der Waals surface area contributed by atoms with Crippen molar-refractivity contribution in [1.82, 2.24) is 14.1 Å². The van der Waals surface area contributed by atoms with Gasteiger partial charge >= 0.3 is 0 Å². The number of rotatable bonds is 6. The molecule has 3 rings (SSSR count). The van der Waals surface area contributed by atoms with Gasteiger partial charge in [-0.3, -0.25) is 0 Å². The predicted octanol–water partition coefficient (Wildman–Crippen LogP) is 4.09. The zero-order valence-corrected chi connectivity index (χ0v) is 13.4. The highest BCUT2D eigenvalue weighted by molar-refractivity contribution is 6.99. The van der Waals surface area contributed by atoms with Gasteiger partial charge in [-0.2, -0.15) is 8.75 Å². The molecule has 112 valence electrons. The van der Waals surface area contributed by atoms with Crippen LogP contribution in [0.3, 0.4) is 0 Å². The van der Waals surface area contributed by atoms with Gasteiger partial charge < -0.3 is 5.32 Å². The first kappa shape index (κ1) is 14.7. The molecule has 1 aliphatic carbocycles. The zero-order valence-electron chi connectivity index (χ0n) is 12.6. The summed E-state index contributed by atoms with van der Waals surface area (Å²) in [5.41, 5.74) is 4.20. The minimum absolute atomic E-state index is 0.333. The third-order valence-electron chi connectivity index (χ3n) is 4.39. The number of hydrogen-bond acceptors (Lipinski definition) is 4. The third-order valence-corrected chi connectivity index (χ3v) is 4.88. The molecule has 0 aliphatic heterocycles. The largest absolute Gasteiger partial charge is 0.309 e. The summed E-state index contributed by atoms with van der Waals surface area (Å²) in [5, 5.41) is 3.65. The van der Waals surface area contributed by atoms with Crippen LogP contribution >= 0.6 is 11.7 Å². The summed E-state index contributed by atoms with van der Waals surface area (Å²) >= 11 is 1.31. The Morgan fingerprint density at radius 1 is 1.38 bits per heavy atom. The molecular formula is C17H23N3S. The van der Waals surface area contributed by atoms with Crippen molar-refractivity contribution in [1.29, 1.82) is 0 Å². The molecule has 0 saturated carbocycles. The van der Waals surface area contributed by atoms with Crippen LogP contribution in [-0.2, 0) is 6.42 Å². The predicted molar refractivity (Wildman–Crippen MR) is 87.7 cm³/mol. The summed E-state index contributed by atoms with van der Waals surface area (Å²) in [6.45, 7) is 3.25. The molecule has 0 fully saturated rings. The van der Waals surface area contributed by atoms with E-state index in [9.17, 15) is 0 Å². The van der Waals surface area contributed by atoms with Gasteiger partial charge in [-0.25, -0.2) is 0 Å². The number of aryl methyl sites for hydroxylation is 1. The lowest BCUT2D eigenvalue weighted by Crippen LogP contribution is -2.25. The topological polar surface area (TPSA) is 37.8 Å². The Hall–Kier alpha value is -1.26. The SMILES string of the molecule is CCCNC(CC1CCCc2ccccc21)c1cnsn1. The lowest BCUT2D eigenvalue weighted by atomic mass is 9.79. The highest BCUT2D eigenvalue weighted by Crippen LogP contribution is 2.37. The summed E-state index contributed by atoms with van der Waals surface area (Å²) < 4.78 is 8.64. The molecule has 0 bridgehead atoms. The molecule has 2 unspecified atom stereocenters. The molecule has 2 atom stereocenters. The van der Waals surface area contributed by atoms with Gasteiger partial charge in [0.1, 0.15) is 0 Å². The van der Waals surface area contributed by atoms with E-state index in [1.54, 1.807) is 11.1 Å². The van der Waals surface area contributed by atoms with Crippen molar-refractivity contribution in [3.63, 3.8) is 0 Å². The lowest BCUT2D eigenvalue weighted by Gasteiger charge is -2.28. The Labute approximate surface area is 131 Å². The lowest BCUT2D eigenvalue weighted by molar-refractivity contribution is 0.415. The first-order valence-electron chi connectivity index (χ1n) is 7.97. The van der Waals surface area contributed by atoms with Crippen molar-refractivity contribution in [3.8, 4) is 0 Å². The molecule has 21 heavy (non-hydrogen) atoms. The van der Waals surface area contributed by atoms with Gasteiger partial charge in [0.15, 0.2) is 0 Å². The molecule has 0 amide bonds. The van der Waals surface area contributed by atoms with Gasteiger partial charge in [-0.05, 0) is 55.7 Å². The van der Waals surface area contributed by atoms with Crippen LogP contribution in [0.5, 0.6) is 0 Å². The van der Waals surface area contributed by atoms with Crippen LogP contribution in [0, 0.1) is 0 Å². The molecule has 1 heterocycles. The third kappa shape index (κ3) is 3.50. The van der Waals surface area contributed by atoms with Gasteiger partial charge in [0, 0.05) is 0 Å². The van der Waals surface area contributed by atoms with E-state index in [1.807, 2.05) is 6.20 Å². The number of fused-ring (bicyclic) bond motifs is 1. The fourth-order valence-electron chi connectivity index (χ4n) is 3.34. The summed E-state index contributed by atoms with van der Waals surface area (Å²) in [7, 11) is 0. The molecule has 3 nitrogen and oxygen atoms in total. The summed E-state index contributed by atoms with van der Waals surface area (Å²) in [6, 6.07) is 9.28. The molecule has 1 aromatic carbocycles. The van der Waals surface area contributed by atoms with E-state index < -0.39 is 0 Å². The first-order chi connectivity index (χ1) is 10.4. The average Bonchev–Trinajstić information content (AvgIpc) is 3.06. The molecule has 4 heteroatoms. The number of nitrogens with one attached hydrogen (secondary N) is 1. The van der Waals surface area contributed by atoms with E-state index in [0.29, 0.717) is 12.0 Å². The van der Waals surface area contributed by atoms with Crippen molar-refractivity contribution in [2.24, 2.45) is 0 Å². The van der Waals surface area contributed by atoms with E-state index in [-0.39, 0.29) is 0 Å².